The Hall–Kier alpha value is -1.39. The number of piperazine rings is 1. The maximum absolute atomic E-state index is 4.70. The van der Waals surface area contributed by atoms with Crippen LogP contribution >= 0.6 is 0 Å². The quantitative estimate of drug-likeness (QED) is 0.867. The van der Waals surface area contributed by atoms with Gasteiger partial charge in [0.15, 0.2) is 0 Å². The second-order valence-corrected chi connectivity index (χ2v) is 5.15. The van der Waals surface area contributed by atoms with Crippen molar-refractivity contribution in [3.05, 3.63) is 35.8 Å². The number of rotatable bonds is 2. The fourth-order valence-electron chi connectivity index (χ4n) is 2.60. The molecule has 3 heterocycles. The lowest BCUT2D eigenvalue weighted by molar-refractivity contribution is 0.164. The molecular weight excluding hydrogens is 224 g/mol. The van der Waals surface area contributed by atoms with Crippen molar-refractivity contribution in [2.75, 3.05) is 19.6 Å². The van der Waals surface area contributed by atoms with Crippen molar-refractivity contribution in [2.24, 2.45) is 0 Å². The van der Waals surface area contributed by atoms with Gasteiger partial charge in [0, 0.05) is 44.1 Å². The molecule has 1 fully saturated rings. The lowest BCUT2D eigenvalue weighted by Crippen LogP contribution is -2.49. The van der Waals surface area contributed by atoms with Crippen LogP contribution in [-0.4, -0.2) is 40.0 Å². The highest BCUT2D eigenvalue weighted by molar-refractivity contribution is 5.41. The van der Waals surface area contributed by atoms with Crippen LogP contribution in [0.5, 0.6) is 0 Å². The van der Waals surface area contributed by atoms with E-state index in [2.05, 4.69) is 52.9 Å². The van der Waals surface area contributed by atoms with E-state index in [1.54, 1.807) is 0 Å². The van der Waals surface area contributed by atoms with Crippen molar-refractivity contribution in [1.29, 1.82) is 0 Å². The van der Waals surface area contributed by atoms with E-state index >= 15 is 0 Å². The minimum atomic E-state index is 0.588. The number of fused-ring (bicyclic) bond motifs is 1. The number of imidazole rings is 1. The topological polar surface area (TPSA) is 32.6 Å². The molecule has 1 aliphatic heterocycles. The summed E-state index contributed by atoms with van der Waals surface area (Å²) in [6, 6.07) is 6.84. The zero-order chi connectivity index (χ0) is 12.5. The Morgan fingerprint density at radius 2 is 2.33 bits per heavy atom. The van der Waals surface area contributed by atoms with Gasteiger partial charge >= 0.3 is 0 Å². The van der Waals surface area contributed by atoms with Gasteiger partial charge in [-0.1, -0.05) is 6.07 Å². The summed E-state index contributed by atoms with van der Waals surface area (Å²) < 4.78 is 2.17. The Kier molecular flexibility index (Phi) is 3.06. The van der Waals surface area contributed by atoms with Gasteiger partial charge in [-0.05, 0) is 26.0 Å². The maximum Gasteiger partial charge on any atom is 0.137 e. The summed E-state index contributed by atoms with van der Waals surface area (Å²) in [6.45, 7) is 8.60. The van der Waals surface area contributed by atoms with Crippen LogP contribution in [0.1, 0.15) is 18.3 Å². The molecule has 3 rings (SSSR count). The maximum atomic E-state index is 4.70. The van der Waals surface area contributed by atoms with E-state index in [1.165, 1.54) is 5.69 Å². The van der Waals surface area contributed by atoms with Crippen molar-refractivity contribution in [2.45, 2.75) is 26.4 Å². The number of nitrogens with zero attached hydrogens (tertiary/aromatic N) is 3. The Morgan fingerprint density at radius 1 is 1.44 bits per heavy atom. The highest BCUT2D eigenvalue weighted by Crippen LogP contribution is 2.12. The van der Waals surface area contributed by atoms with Crippen LogP contribution in [0.25, 0.3) is 5.65 Å². The van der Waals surface area contributed by atoms with Crippen LogP contribution in [0.2, 0.25) is 0 Å². The number of hydrogen-bond donors (Lipinski definition) is 1. The monoisotopic (exact) mass is 244 g/mol. The molecule has 0 radical (unpaired) electrons. The van der Waals surface area contributed by atoms with E-state index in [-0.39, 0.29) is 0 Å². The fraction of sp³-hybridized carbons (Fsp3) is 0.500. The number of aryl methyl sites for hydroxylation is 1. The van der Waals surface area contributed by atoms with Crippen LogP contribution in [0.15, 0.2) is 24.4 Å². The minimum absolute atomic E-state index is 0.588. The van der Waals surface area contributed by atoms with Gasteiger partial charge in [0.25, 0.3) is 0 Å². The molecule has 1 aliphatic rings. The largest absolute Gasteiger partial charge is 0.314 e. The van der Waals surface area contributed by atoms with Crippen molar-refractivity contribution < 1.29 is 0 Å². The lowest BCUT2D eigenvalue weighted by Gasteiger charge is -2.33. The highest BCUT2D eigenvalue weighted by Gasteiger charge is 2.18. The predicted molar refractivity (Wildman–Crippen MR) is 72.7 cm³/mol. The van der Waals surface area contributed by atoms with Crippen molar-refractivity contribution >= 4 is 5.65 Å². The summed E-state index contributed by atoms with van der Waals surface area (Å²) in [5, 5.41) is 3.42. The van der Waals surface area contributed by atoms with Gasteiger partial charge in [-0.15, -0.1) is 0 Å². The molecule has 1 saturated heterocycles. The summed E-state index contributed by atoms with van der Waals surface area (Å²) in [5.74, 6) is 0. The van der Waals surface area contributed by atoms with Crippen LogP contribution in [0, 0.1) is 6.92 Å². The second-order valence-electron chi connectivity index (χ2n) is 5.15. The Bertz CT molecular complexity index is 546. The smallest absolute Gasteiger partial charge is 0.137 e. The van der Waals surface area contributed by atoms with Gasteiger partial charge in [-0.3, -0.25) is 4.90 Å². The molecule has 0 aliphatic carbocycles. The molecule has 0 spiro atoms. The minimum Gasteiger partial charge on any atom is -0.314 e. The van der Waals surface area contributed by atoms with E-state index < -0.39 is 0 Å². The first kappa shape index (κ1) is 11.7. The zero-order valence-corrected chi connectivity index (χ0v) is 11.1. The summed E-state index contributed by atoms with van der Waals surface area (Å²) in [6.07, 6.45) is 2.17. The first-order chi connectivity index (χ1) is 8.74. The number of hydrogen-bond acceptors (Lipinski definition) is 3. The molecular formula is C14H20N4. The number of aromatic nitrogens is 2. The van der Waals surface area contributed by atoms with Crippen LogP contribution < -0.4 is 5.32 Å². The average Bonchev–Trinajstić information content (AvgIpc) is 2.76. The Morgan fingerprint density at radius 3 is 3.11 bits per heavy atom. The lowest BCUT2D eigenvalue weighted by atomic mass is 10.2. The first-order valence-electron chi connectivity index (χ1n) is 6.62. The average molecular weight is 244 g/mol. The molecule has 0 saturated carbocycles. The third kappa shape index (κ3) is 2.13. The molecule has 18 heavy (non-hydrogen) atoms. The number of nitrogens with one attached hydrogen (secondary N) is 1. The molecule has 96 valence electrons. The zero-order valence-electron chi connectivity index (χ0n) is 11.1. The Labute approximate surface area is 108 Å². The van der Waals surface area contributed by atoms with Crippen LogP contribution in [0.3, 0.4) is 0 Å². The van der Waals surface area contributed by atoms with Crippen LogP contribution in [-0.2, 0) is 6.54 Å². The van der Waals surface area contributed by atoms with E-state index in [1.807, 2.05) is 0 Å². The van der Waals surface area contributed by atoms with E-state index in [4.69, 9.17) is 4.98 Å². The molecule has 0 bridgehead atoms. The highest BCUT2D eigenvalue weighted by atomic mass is 15.2. The van der Waals surface area contributed by atoms with Gasteiger partial charge in [-0.2, -0.15) is 0 Å². The third-order valence-corrected chi connectivity index (χ3v) is 3.75. The summed E-state index contributed by atoms with van der Waals surface area (Å²) >= 11 is 0. The molecule has 0 aromatic carbocycles. The molecule has 2 aromatic rings. The molecule has 4 nitrogen and oxygen atoms in total. The van der Waals surface area contributed by atoms with E-state index in [0.29, 0.717) is 6.04 Å². The third-order valence-electron chi connectivity index (χ3n) is 3.75. The summed E-state index contributed by atoms with van der Waals surface area (Å²) in [7, 11) is 0. The first-order valence-corrected chi connectivity index (χ1v) is 6.62. The van der Waals surface area contributed by atoms with E-state index in [9.17, 15) is 0 Å². The van der Waals surface area contributed by atoms with Crippen molar-refractivity contribution in [1.82, 2.24) is 19.6 Å². The van der Waals surface area contributed by atoms with Gasteiger partial charge in [0.2, 0.25) is 0 Å². The van der Waals surface area contributed by atoms with Crippen molar-refractivity contribution in [3.8, 4) is 0 Å². The standard InChI is InChI=1S/C14H20N4/c1-11-4-3-5-14-16-13(10-18(11)14)9-17-7-6-15-8-12(17)2/h3-5,10,12,15H,6-9H2,1-2H3/t12-/m0/s1. The summed E-state index contributed by atoms with van der Waals surface area (Å²) in [5.41, 5.74) is 3.45. The molecule has 2 aromatic heterocycles. The summed E-state index contributed by atoms with van der Waals surface area (Å²) in [4.78, 5) is 7.20. The Balaban J connectivity index is 1.84. The van der Waals surface area contributed by atoms with Gasteiger partial charge in [0.1, 0.15) is 5.65 Å². The molecule has 0 unspecified atom stereocenters. The fourth-order valence-corrected chi connectivity index (χ4v) is 2.60. The predicted octanol–water partition coefficient (Wildman–Crippen LogP) is 1.44. The molecule has 1 N–H and O–H groups in total. The normalized spacial score (nSPS) is 21.6. The number of pyridine rings is 1. The second kappa shape index (κ2) is 4.71. The van der Waals surface area contributed by atoms with Gasteiger partial charge < -0.3 is 9.72 Å². The SMILES string of the molecule is Cc1cccc2nc(CN3CCNC[C@@H]3C)cn12. The van der Waals surface area contributed by atoms with Crippen molar-refractivity contribution in [3.63, 3.8) is 0 Å². The molecule has 4 heteroatoms. The molecule has 1 atom stereocenters. The van der Waals surface area contributed by atoms with E-state index in [0.717, 1.165) is 37.5 Å². The van der Waals surface area contributed by atoms with Gasteiger partial charge in [-0.25, -0.2) is 4.98 Å². The van der Waals surface area contributed by atoms with Gasteiger partial charge in [0.05, 0.1) is 5.69 Å². The van der Waals surface area contributed by atoms with Crippen LogP contribution in [0.4, 0.5) is 0 Å². The molecule has 0 amide bonds.